The van der Waals surface area contributed by atoms with E-state index < -0.39 is 0 Å². The second-order valence-electron chi connectivity index (χ2n) is 4.71. The number of nitrogens with zero attached hydrogens (tertiary/aromatic N) is 2. The van der Waals surface area contributed by atoms with Gasteiger partial charge in [0.25, 0.3) is 0 Å². The van der Waals surface area contributed by atoms with Crippen LogP contribution in [0.25, 0.3) is 0 Å². The molecule has 106 valence electrons. The van der Waals surface area contributed by atoms with Crippen LogP contribution in [-0.4, -0.2) is 16.9 Å². The molecular weight excluding hydrogens is 292 g/mol. The molecule has 0 spiro atoms. The predicted octanol–water partition coefficient (Wildman–Crippen LogP) is 3.50. The molecule has 0 aliphatic carbocycles. The Bertz CT molecular complexity index is 595. The molecule has 2 aromatic heterocycles. The molecule has 2 rings (SSSR count). The van der Waals surface area contributed by atoms with Crippen LogP contribution in [0.15, 0.2) is 29.8 Å². The first-order valence-electron chi connectivity index (χ1n) is 6.28. The van der Waals surface area contributed by atoms with Crippen molar-refractivity contribution in [3.05, 3.63) is 45.2 Å². The molecule has 0 fully saturated rings. The van der Waals surface area contributed by atoms with Crippen LogP contribution < -0.4 is 10.6 Å². The molecule has 3 N–H and O–H groups in total. The fourth-order valence-electron chi connectivity index (χ4n) is 1.91. The number of hydrogen-bond donors (Lipinski definition) is 2. The molecule has 0 aromatic carbocycles. The molecule has 6 heteroatoms. The predicted molar refractivity (Wildman–Crippen MR) is 85.9 cm³/mol. The highest BCUT2D eigenvalue weighted by Crippen LogP contribution is 2.29. The van der Waals surface area contributed by atoms with Crippen LogP contribution >= 0.6 is 22.9 Å². The van der Waals surface area contributed by atoms with Crippen LogP contribution in [0, 0.1) is 5.41 Å². The van der Waals surface area contributed by atoms with E-state index in [1.165, 1.54) is 4.88 Å². The molecule has 0 saturated carbocycles. The zero-order valence-electron chi connectivity index (χ0n) is 11.4. The van der Waals surface area contributed by atoms with Crippen molar-refractivity contribution in [1.29, 1.82) is 5.41 Å². The molecule has 0 aliphatic heterocycles. The van der Waals surface area contributed by atoms with Crippen molar-refractivity contribution in [2.75, 3.05) is 4.90 Å². The standard InChI is InChI=1S/C14H17ClN4S/c1-9(2)19(8-10-4-3-7-20-10)14-12(15)11(13(16)17)5-6-18-14/h3-7,9H,8H2,1-2H3,(H3,16,17). The number of thiophene rings is 1. The van der Waals surface area contributed by atoms with E-state index in [0.717, 1.165) is 6.54 Å². The number of anilines is 1. The lowest BCUT2D eigenvalue weighted by Crippen LogP contribution is -2.31. The molecule has 0 atom stereocenters. The second kappa shape index (κ2) is 6.24. The van der Waals surface area contributed by atoms with E-state index in [4.69, 9.17) is 22.7 Å². The third-order valence-electron chi connectivity index (χ3n) is 2.96. The van der Waals surface area contributed by atoms with Gasteiger partial charge in [0.15, 0.2) is 0 Å². The molecule has 4 nitrogen and oxygen atoms in total. The van der Waals surface area contributed by atoms with Gasteiger partial charge in [0.1, 0.15) is 11.7 Å². The Hall–Kier alpha value is -1.59. The van der Waals surface area contributed by atoms with Gasteiger partial charge >= 0.3 is 0 Å². The van der Waals surface area contributed by atoms with Crippen LogP contribution in [-0.2, 0) is 6.54 Å². The number of rotatable bonds is 5. The van der Waals surface area contributed by atoms with E-state index in [2.05, 4.69) is 35.2 Å². The Kier molecular flexibility index (Phi) is 4.62. The zero-order chi connectivity index (χ0) is 14.7. The molecule has 20 heavy (non-hydrogen) atoms. The van der Waals surface area contributed by atoms with Crippen molar-refractivity contribution in [1.82, 2.24) is 4.98 Å². The van der Waals surface area contributed by atoms with Gasteiger partial charge < -0.3 is 10.6 Å². The van der Waals surface area contributed by atoms with Gasteiger partial charge in [0.05, 0.1) is 11.6 Å². The highest BCUT2D eigenvalue weighted by Gasteiger charge is 2.19. The summed E-state index contributed by atoms with van der Waals surface area (Å²) in [7, 11) is 0. The second-order valence-corrected chi connectivity index (χ2v) is 6.12. The molecule has 0 amide bonds. The number of hydrogen-bond acceptors (Lipinski definition) is 4. The first kappa shape index (κ1) is 14.8. The van der Waals surface area contributed by atoms with Gasteiger partial charge in [-0.2, -0.15) is 0 Å². The Balaban J connectivity index is 2.39. The van der Waals surface area contributed by atoms with Crippen LogP contribution in [0.2, 0.25) is 5.02 Å². The number of pyridine rings is 1. The summed E-state index contributed by atoms with van der Waals surface area (Å²) < 4.78 is 0. The first-order chi connectivity index (χ1) is 9.50. The van der Waals surface area contributed by atoms with Gasteiger partial charge in [-0.25, -0.2) is 4.98 Å². The zero-order valence-corrected chi connectivity index (χ0v) is 13.0. The third-order valence-corrected chi connectivity index (χ3v) is 4.20. The van der Waals surface area contributed by atoms with Crippen molar-refractivity contribution in [2.24, 2.45) is 5.73 Å². The molecule has 2 heterocycles. The average Bonchev–Trinajstić information content (AvgIpc) is 2.89. The van der Waals surface area contributed by atoms with E-state index in [0.29, 0.717) is 16.4 Å². The van der Waals surface area contributed by atoms with Crippen molar-refractivity contribution in [2.45, 2.75) is 26.4 Å². The summed E-state index contributed by atoms with van der Waals surface area (Å²) in [6.07, 6.45) is 1.64. The summed E-state index contributed by atoms with van der Waals surface area (Å²) in [5.74, 6) is 0.626. The average molecular weight is 309 g/mol. The number of nitrogens with two attached hydrogens (primary N) is 1. The molecule has 0 bridgehead atoms. The minimum Gasteiger partial charge on any atom is -0.384 e. The molecule has 2 aromatic rings. The number of amidine groups is 1. The van der Waals surface area contributed by atoms with E-state index in [1.54, 1.807) is 23.6 Å². The SMILES string of the molecule is CC(C)N(Cc1cccs1)c1nccc(C(=N)N)c1Cl. The summed E-state index contributed by atoms with van der Waals surface area (Å²) in [4.78, 5) is 7.72. The molecule has 0 aliphatic rings. The monoisotopic (exact) mass is 308 g/mol. The third kappa shape index (κ3) is 3.11. The summed E-state index contributed by atoms with van der Waals surface area (Å²) in [6.45, 7) is 4.92. The summed E-state index contributed by atoms with van der Waals surface area (Å²) in [5, 5.41) is 10.1. The molecular formula is C14H17ClN4S. The normalized spacial score (nSPS) is 10.8. The largest absolute Gasteiger partial charge is 0.384 e. The summed E-state index contributed by atoms with van der Waals surface area (Å²) in [6, 6.07) is 6.02. The molecule has 0 saturated heterocycles. The van der Waals surface area contributed by atoms with Gasteiger partial charge in [-0.1, -0.05) is 17.7 Å². The smallest absolute Gasteiger partial charge is 0.148 e. The minimum atomic E-state index is -0.0431. The number of nitrogens with one attached hydrogen (secondary N) is 1. The maximum atomic E-state index is 7.57. The Morgan fingerprint density at radius 3 is 2.80 bits per heavy atom. The van der Waals surface area contributed by atoms with Crippen LogP contribution in [0.3, 0.4) is 0 Å². The fraction of sp³-hybridized carbons (Fsp3) is 0.286. The summed E-state index contributed by atoms with van der Waals surface area (Å²) >= 11 is 8.06. The Morgan fingerprint density at radius 1 is 1.50 bits per heavy atom. The van der Waals surface area contributed by atoms with Gasteiger partial charge in [0, 0.05) is 22.7 Å². The van der Waals surface area contributed by atoms with E-state index in [-0.39, 0.29) is 11.9 Å². The van der Waals surface area contributed by atoms with Gasteiger partial charge in [-0.15, -0.1) is 11.3 Å². The van der Waals surface area contributed by atoms with Crippen molar-refractivity contribution in [3.8, 4) is 0 Å². The number of halogens is 1. The van der Waals surface area contributed by atoms with Crippen LogP contribution in [0.5, 0.6) is 0 Å². The van der Waals surface area contributed by atoms with Crippen molar-refractivity contribution in [3.63, 3.8) is 0 Å². The van der Waals surface area contributed by atoms with E-state index in [9.17, 15) is 0 Å². The number of nitrogen functional groups attached to an aromatic ring is 1. The van der Waals surface area contributed by atoms with Crippen molar-refractivity contribution >= 4 is 34.6 Å². The quantitative estimate of drug-likeness (QED) is 0.656. The van der Waals surface area contributed by atoms with E-state index in [1.807, 2.05) is 6.07 Å². The summed E-state index contributed by atoms with van der Waals surface area (Å²) in [5.41, 5.74) is 6.07. The molecule has 0 unspecified atom stereocenters. The van der Waals surface area contributed by atoms with E-state index >= 15 is 0 Å². The molecule has 0 radical (unpaired) electrons. The lowest BCUT2D eigenvalue weighted by atomic mass is 10.2. The lowest BCUT2D eigenvalue weighted by molar-refractivity contribution is 0.677. The van der Waals surface area contributed by atoms with Crippen molar-refractivity contribution < 1.29 is 0 Å². The van der Waals surface area contributed by atoms with Crippen LogP contribution in [0.1, 0.15) is 24.3 Å². The minimum absolute atomic E-state index is 0.0431. The number of aromatic nitrogens is 1. The first-order valence-corrected chi connectivity index (χ1v) is 7.54. The highest BCUT2D eigenvalue weighted by atomic mass is 35.5. The fourth-order valence-corrected chi connectivity index (χ4v) is 2.94. The van der Waals surface area contributed by atoms with Gasteiger partial charge in [-0.05, 0) is 31.4 Å². The Labute approximate surface area is 127 Å². The lowest BCUT2D eigenvalue weighted by Gasteiger charge is -2.28. The maximum absolute atomic E-state index is 7.57. The highest BCUT2D eigenvalue weighted by molar-refractivity contribution is 7.09. The van der Waals surface area contributed by atoms with Crippen LogP contribution in [0.4, 0.5) is 5.82 Å². The van der Waals surface area contributed by atoms with Gasteiger partial charge in [0.2, 0.25) is 0 Å². The van der Waals surface area contributed by atoms with Gasteiger partial charge in [-0.3, -0.25) is 5.41 Å². The topological polar surface area (TPSA) is 66.0 Å². The Morgan fingerprint density at radius 2 is 2.25 bits per heavy atom. The maximum Gasteiger partial charge on any atom is 0.148 e.